The summed E-state index contributed by atoms with van der Waals surface area (Å²) in [5.41, 5.74) is 1.93. The molecule has 0 saturated carbocycles. The molecule has 1 unspecified atom stereocenters. The van der Waals surface area contributed by atoms with Crippen molar-refractivity contribution >= 4 is 18.6 Å². The molecule has 1 aliphatic rings. The monoisotopic (exact) mass is 276 g/mol. The SMILES string of the molecule is CCC(C)C(=O)OCc1cccc(B2OCCCO2)c1. The number of ether oxygens (including phenoxy) is 1. The Morgan fingerprint density at radius 1 is 1.40 bits per heavy atom. The zero-order valence-corrected chi connectivity index (χ0v) is 12.1. The summed E-state index contributed by atoms with van der Waals surface area (Å²) in [6.45, 7) is 5.59. The summed E-state index contributed by atoms with van der Waals surface area (Å²) < 4.78 is 16.4. The van der Waals surface area contributed by atoms with Gasteiger partial charge < -0.3 is 14.0 Å². The molecule has 1 aromatic rings. The maximum atomic E-state index is 11.7. The summed E-state index contributed by atoms with van der Waals surface area (Å²) in [5, 5.41) is 0. The predicted octanol–water partition coefficient (Wildman–Crippen LogP) is 1.91. The van der Waals surface area contributed by atoms with Gasteiger partial charge in [0, 0.05) is 13.2 Å². The van der Waals surface area contributed by atoms with Gasteiger partial charge in [-0.1, -0.05) is 38.1 Å². The van der Waals surface area contributed by atoms with Gasteiger partial charge in [-0.2, -0.15) is 0 Å². The van der Waals surface area contributed by atoms with Crippen LogP contribution < -0.4 is 5.46 Å². The second-order valence-corrected chi connectivity index (χ2v) is 5.09. The molecule has 5 heteroatoms. The highest BCUT2D eigenvalue weighted by Crippen LogP contribution is 2.08. The van der Waals surface area contributed by atoms with E-state index in [1.54, 1.807) is 0 Å². The highest BCUT2D eigenvalue weighted by molar-refractivity contribution is 6.61. The number of rotatable bonds is 5. The van der Waals surface area contributed by atoms with Gasteiger partial charge in [-0.05, 0) is 23.9 Å². The molecule has 0 radical (unpaired) electrons. The average Bonchev–Trinajstić information content (AvgIpc) is 2.53. The Morgan fingerprint density at radius 3 is 2.85 bits per heavy atom. The zero-order chi connectivity index (χ0) is 14.4. The van der Waals surface area contributed by atoms with E-state index in [9.17, 15) is 4.79 Å². The second kappa shape index (κ2) is 7.46. The van der Waals surface area contributed by atoms with Gasteiger partial charge in [0.25, 0.3) is 0 Å². The minimum atomic E-state index is -0.297. The highest BCUT2D eigenvalue weighted by Gasteiger charge is 2.24. The first-order valence-corrected chi connectivity index (χ1v) is 7.19. The minimum Gasteiger partial charge on any atom is -0.461 e. The van der Waals surface area contributed by atoms with Crippen molar-refractivity contribution in [3.8, 4) is 0 Å². The van der Waals surface area contributed by atoms with Crippen LogP contribution in [0.4, 0.5) is 0 Å². The van der Waals surface area contributed by atoms with E-state index in [-0.39, 0.29) is 19.0 Å². The van der Waals surface area contributed by atoms with Crippen LogP contribution in [0, 0.1) is 5.92 Å². The van der Waals surface area contributed by atoms with Crippen LogP contribution >= 0.6 is 0 Å². The van der Waals surface area contributed by atoms with Crippen LogP contribution in [-0.2, 0) is 25.4 Å². The normalized spacial score (nSPS) is 16.8. The summed E-state index contributed by atoms with van der Waals surface area (Å²) >= 11 is 0. The molecule has 20 heavy (non-hydrogen) atoms. The van der Waals surface area contributed by atoms with Crippen LogP contribution in [0.2, 0.25) is 0 Å². The lowest BCUT2D eigenvalue weighted by molar-refractivity contribution is -0.149. The van der Waals surface area contributed by atoms with Crippen molar-refractivity contribution in [3.63, 3.8) is 0 Å². The molecule has 1 fully saturated rings. The summed E-state index contributed by atoms with van der Waals surface area (Å²) in [5.74, 6) is -0.203. The average molecular weight is 276 g/mol. The summed E-state index contributed by atoms with van der Waals surface area (Å²) in [4.78, 5) is 11.7. The molecule has 108 valence electrons. The van der Waals surface area contributed by atoms with Gasteiger partial charge >= 0.3 is 13.1 Å². The quantitative estimate of drug-likeness (QED) is 0.608. The van der Waals surface area contributed by atoms with E-state index in [0.29, 0.717) is 6.61 Å². The van der Waals surface area contributed by atoms with E-state index < -0.39 is 0 Å². The third-order valence-electron chi connectivity index (χ3n) is 3.45. The molecule has 0 spiro atoms. The Morgan fingerprint density at radius 2 is 2.15 bits per heavy atom. The molecule has 1 aliphatic heterocycles. The molecule has 1 aromatic carbocycles. The summed E-state index contributed by atoms with van der Waals surface area (Å²) in [7, 11) is -0.297. The van der Waals surface area contributed by atoms with E-state index in [4.69, 9.17) is 14.0 Å². The number of benzene rings is 1. The molecule has 1 atom stereocenters. The van der Waals surface area contributed by atoms with Crippen molar-refractivity contribution < 1.29 is 18.8 Å². The lowest BCUT2D eigenvalue weighted by Crippen LogP contribution is -2.41. The van der Waals surface area contributed by atoms with Crippen LogP contribution in [0.3, 0.4) is 0 Å². The van der Waals surface area contributed by atoms with Crippen LogP contribution in [0.15, 0.2) is 24.3 Å². The smallest absolute Gasteiger partial charge is 0.461 e. The first-order chi connectivity index (χ1) is 9.70. The van der Waals surface area contributed by atoms with Gasteiger partial charge in [0.1, 0.15) is 6.61 Å². The van der Waals surface area contributed by atoms with Crippen molar-refractivity contribution in [2.24, 2.45) is 5.92 Å². The first kappa shape index (κ1) is 15.1. The highest BCUT2D eigenvalue weighted by atomic mass is 16.6. The number of hydrogen-bond acceptors (Lipinski definition) is 4. The minimum absolute atomic E-state index is 0.0526. The maximum absolute atomic E-state index is 11.7. The predicted molar refractivity (Wildman–Crippen MR) is 77.6 cm³/mol. The fraction of sp³-hybridized carbons (Fsp3) is 0.533. The van der Waals surface area contributed by atoms with Crippen LogP contribution in [-0.4, -0.2) is 26.3 Å². The molecule has 0 aromatic heterocycles. The molecule has 1 saturated heterocycles. The summed E-state index contributed by atoms with van der Waals surface area (Å²) in [6, 6.07) is 7.81. The Labute approximate surface area is 120 Å². The number of hydrogen-bond donors (Lipinski definition) is 0. The van der Waals surface area contributed by atoms with E-state index >= 15 is 0 Å². The van der Waals surface area contributed by atoms with E-state index in [1.165, 1.54) is 0 Å². The molecule has 0 bridgehead atoms. The topological polar surface area (TPSA) is 44.8 Å². The Hall–Kier alpha value is -1.33. The molecule has 2 rings (SSSR count). The van der Waals surface area contributed by atoms with Gasteiger partial charge in [-0.15, -0.1) is 0 Å². The molecular weight excluding hydrogens is 255 g/mol. The van der Waals surface area contributed by atoms with Crippen LogP contribution in [0.5, 0.6) is 0 Å². The molecule has 0 N–H and O–H groups in total. The molecule has 0 amide bonds. The molecule has 1 heterocycles. The third kappa shape index (κ3) is 4.08. The number of carbonyl (C=O) groups is 1. The Bertz CT molecular complexity index is 443. The van der Waals surface area contributed by atoms with Crippen molar-refractivity contribution in [2.45, 2.75) is 33.3 Å². The lowest BCUT2D eigenvalue weighted by atomic mass is 9.77. The standard InChI is InChI=1S/C15H21BO4/c1-3-12(2)15(17)18-11-13-6-4-7-14(10-13)16-19-8-5-9-20-16/h4,6-7,10,12H,3,5,8-9,11H2,1-2H3. The largest absolute Gasteiger partial charge is 0.493 e. The second-order valence-electron chi connectivity index (χ2n) is 5.09. The number of carbonyl (C=O) groups excluding carboxylic acids is 1. The molecular formula is C15H21BO4. The van der Waals surface area contributed by atoms with Gasteiger partial charge in [0.2, 0.25) is 0 Å². The zero-order valence-electron chi connectivity index (χ0n) is 12.1. The van der Waals surface area contributed by atoms with Gasteiger partial charge in [0.15, 0.2) is 0 Å². The fourth-order valence-electron chi connectivity index (χ4n) is 1.97. The Balaban J connectivity index is 1.93. The van der Waals surface area contributed by atoms with Crippen LogP contribution in [0.1, 0.15) is 32.3 Å². The van der Waals surface area contributed by atoms with Crippen LogP contribution in [0.25, 0.3) is 0 Å². The third-order valence-corrected chi connectivity index (χ3v) is 3.45. The van der Waals surface area contributed by atoms with Crippen molar-refractivity contribution in [3.05, 3.63) is 29.8 Å². The first-order valence-electron chi connectivity index (χ1n) is 7.19. The lowest BCUT2D eigenvalue weighted by Gasteiger charge is -2.20. The van der Waals surface area contributed by atoms with Gasteiger partial charge in [-0.25, -0.2) is 0 Å². The fourth-order valence-corrected chi connectivity index (χ4v) is 1.97. The maximum Gasteiger partial charge on any atom is 0.493 e. The Kier molecular flexibility index (Phi) is 5.62. The van der Waals surface area contributed by atoms with E-state index in [2.05, 4.69) is 0 Å². The van der Waals surface area contributed by atoms with Crippen molar-refractivity contribution in [2.75, 3.05) is 13.2 Å². The van der Waals surface area contributed by atoms with Gasteiger partial charge in [0.05, 0.1) is 5.92 Å². The van der Waals surface area contributed by atoms with Gasteiger partial charge in [-0.3, -0.25) is 4.79 Å². The van der Waals surface area contributed by atoms with E-state index in [0.717, 1.165) is 37.1 Å². The van der Waals surface area contributed by atoms with E-state index in [1.807, 2.05) is 38.1 Å². The van der Waals surface area contributed by atoms with Crippen molar-refractivity contribution in [1.29, 1.82) is 0 Å². The molecule has 4 nitrogen and oxygen atoms in total. The van der Waals surface area contributed by atoms with Crippen molar-refractivity contribution in [1.82, 2.24) is 0 Å². The molecule has 0 aliphatic carbocycles. The number of esters is 1. The summed E-state index contributed by atoms with van der Waals surface area (Å²) in [6.07, 6.45) is 1.73.